The van der Waals surface area contributed by atoms with Gasteiger partial charge in [0.15, 0.2) is 5.75 Å². The molecule has 51 heavy (non-hydrogen) atoms. The first kappa shape index (κ1) is 37.5. The van der Waals surface area contributed by atoms with Gasteiger partial charge in [0, 0.05) is 12.2 Å². The molecule has 0 saturated carbocycles. The molecule has 0 fully saturated rings. The van der Waals surface area contributed by atoms with Gasteiger partial charge in [0.1, 0.15) is 23.9 Å². The summed E-state index contributed by atoms with van der Waals surface area (Å²) in [7, 11) is 0. The van der Waals surface area contributed by atoms with Crippen LogP contribution in [0.2, 0.25) is 0 Å². The molecule has 11 nitrogen and oxygen atoms in total. The summed E-state index contributed by atoms with van der Waals surface area (Å²) < 4.78 is 21.2. The van der Waals surface area contributed by atoms with Gasteiger partial charge in [0.05, 0.1) is 31.2 Å². The summed E-state index contributed by atoms with van der Waals surface area (Å²) in [5.74, 6) is 0.592. The number of hydrogen-bond acceptors (Lipinski definition) is 11. The first-order valence-electron chi connectivity index (χ1n) is 16.2. The van der Waals surface area contributed by atoms with Crippen LogP contribution in [-0.4, -0.2) is 43.6 Å². The molecule has 0 atom stereocenters. The zero-order valence-electron chi connectivity index (χ0n) is 28.0. The maximum Gasteiger partial charge on any atom is 0.343 e. The summed E-state index contributed by atoms with van der Waals surface area (Å²) in [4.78, 5) is 45.5. The fourth-order valence-corrected chi connectivity index (χ4v) is 4.24. The zero-order valence-corrected chi connectivity index (χ0v) is 28.0. The topological polar surface area (TPSA) is 131 Å². The second-order valence-electron chi connectivity index (χ2n) is 10.8. The van der Waals surface area contributed by atoms with Crippen molar-refractivity contribution in [1.82, 2.24) is 0 Å². The van der Waals surface area contributed by atoms with Gasteiger partial charge in [-0.3, -0.25) is 0 Å². The highest BCUT2D eigenvalue weighted by Gasteiger charge is 2.09. The van der Waals surface area contributed by atoms with E-state index in [4.69, 9.17) is 28.7 Å². The third kappa shape index (κ3) is 14.0. The fraction of sp³-hybridized carbons (Fsp3) is 0.175. The molecular formula is C40H38N2O9. The molecule has 4 aromatic carbocycles. The van der Waals surface area contributed by atoms with Crippen molar-refractivity contribution in [3.05, 3.63) is 145 Å². The molecule has 0 N–H and O–H groups in total. The lowest BCUT2D eigenvalue weighted by atomic mass is 10.2. The van der Waals surface area contributed by atoms with Crippen LogP contribution in [0.5, 0.6) is 23.0 Å². The SMILES string of the molecule is C=CC(=O)OCCCCCCOc1ccc(C(=O)Oc2ccc(C=NN=Cc3ccc(OOCc4ccc(OC(=O)C=C)cc4)cc3)cc2)cc1. The van der Waals surface area contributed by atoms with E-state index in [0.29, 0.717) is 41.8 Å². The summed E-state index contributed by atoms with van der Waals surface area (Å²) in [6, 6.07) is 27.6. The Bertz CT molecular complexity index is 1780. The van der Waals surface area contributed by atoms with Gasteiger partial charge in [-0.25, -0.2) is 14.4 Å². The zero-order chi connectivity index (χ0) is 36.1. The van der Waals surface area contributed by atoms with E-state index < -0.39 is 17.9 Å². The minimum atomic E-state index is -0.523. The predicted molar refractivity (Wildman–Crippen MR) is 192 cm³/mol. The second kappa shape index (κ2) is 20.9. The van der Waals surface area contributed by atoms with Crippen LogP contribution in [0.25, 0.3) is 0 Å². The van der Waals surface area contributed by atoms with E-state index in [-0.39, 0.29) is 6.61 Å². The number of nitrogens with zero attached hydrogens (tertiary/aromatic N) is 2. The van der Waals surface area contributed by atoms with Crippen molar-refractivity contribution in [2.45, 2.75) is 32.3 Å². The molecule has 0 unspecified atom stereocenters. The highest BCUT2D eigenvalue weighted by atomic mass is 17.2. The molecule has 4 aromatic rings. The number of ether oxygens (including phenoxy) is 4. The molecule has 0 aromatic heterocycles. The molecule has 0 saturated heterocycles. The lowest BCUT2D eigenvalue weighted by Gasteiger charge is -2.08. The number of rotatable bonds is 20. The highest BCUT2D eigenvalue weighted by molar-refractivity contribution is 5.91. The second-order valence-corrected chi connectivity index (χ2v) is 10.8. The molecule has 0 aliphatic carbocycles. The van der Waals surface area contributed by atoms with E-state index in [0.717, 1.165) is 54.5 Å². The quantitative estimate of drug-likeness (QED) is 0.0175. The van der Waals surface area contributed by atoms with Crippen LogP contribution in [0.15, 0.2) is 133 Å². The number of esters is 3. The molecule has 11 heteroatoms. The van der Waals surface area contributed by atoms with Gasteiger partial charge in [-0.15, -0.1) is 0 Å². The van der Waals surface area contributed by atoms with Crippen LogP contribution < -0.4 is 19.1 Å². The van der Waals surface area contributed by atoms with Gasteiger partial charge in [-0.05, 0) is 127 Å². The van der Waals surface area contributed by atoms with E-state index in [1.807, 2.05) is 12.1 Å². The third-order valence-corrected chi connectivity index (χ3v) is 6.95. The Labute approximate surface area is 296 Å². The van der Waals surface area contributed by atoms with Crippen LogP contribution in [0.4, 0.5) is 0 Å². The largest absolute Gasteiger partial charge is 0.494 e. The van der Waals surface area contributed by atoms with Gasteiger partial charge in [0.2, 0.25) is 0 Å². The van der Waals surface area contributed by atoms with Crippen molar-refractivity contribution >= 4 is 30.3 Å². The van der Waals surface area contributed by atoms with Crippen molar-refractivity contribution < 1.29 is 43.1 Å². The van der Waals surface area contributed by atoms with Crippen LogP contribution >= 0.6 is 0 Å². The minimum absolute atomic E-state index is 0.199. The number of benzene rings is 4. The predicted octanol–water partition coefficient (Wildman–Crippen LogP) is 7.63. The lowest BCUT2D eigenvalue weighted by molar-refractivity contribution is -0.217. The van der Waals surface area contributed by atoms with Gasteiger partial charge in [-0.1, -0.05) is 25.3 Å². The maximum absolute atomic E-state index is 12.6. The highest BCUT2D eigenvalue weighted by Crippen LogP contribution is 2.18. The lowest BCUT2D eigenvalue weighted by Crippen LogP contribution is -2.08. The van der Waals surface area contributed by atoms with Crippen molar-refractivity contribution in [2.24, 2.45) is 10.2 Å². The average Bonchev–Trinajstić information content (AvgIpc) is 3.16. The van der Waals surface area contributed by atoms with Crippen molar-refractivity contribution in [2.75, 3.05) is 13.2 Å². The molecule has 0 amide bonds. The van der Waals surface area contributed by atoms with E-state index in [1.54, 1.807) is 97.4 Å². The monoisotopic (exact) mass is 690 g/mol. The summed E-state index contributed by atoms with van der Waals surface area (Å²) in [6.45, 7) is 7.87. The van der Waals surface area contributed by atoms with E-state index in [1.165, 1.54) is 0 Å². The maximum atomic E-state index is 12.6. The summed E-state index contributed by atoms with van der Waals surface area (Å²) in [5.41, 5.74) is 2.82. The Morgan fingerprint density at radius 3 is 1.71 bits per heavy atom. The van der Waals surface area contributed by atoms with Gasteiger partial charge < -0.3 is 23.8 Å². The van der Waals surface area contributed by atoms with Crippen LogP contribution in [0, 0.1) is 0 Å². The van der Waals surface area contributed by atoms with Crippen LogP contribution in [0.3, 0.4) is 0 Å². The minimum Gasteiger partial charge on any atom is -0.494 e. The Hall–Kier alpha value is -6.33. The number of hydrogen-bond donors (Lipinski definition) is 0. The smallest absolute Gasteiger partial charge is 0.343 e. The normalized spacial score (nSPS) is 10.8. The van der Waals surface area contributed by atoms with Crippen molar-refractivity contribution in [1.29, 1.82) is 0 Å². The van der Waals surface area contributed by atoms with Crippen LogP contribution in [-0.2, 0) is 25.8 Å². The molecular weight excluding hydrogens is 652 g/mol. The standard InChI is InChI=1S/C40H38N2O9/c1-3-38(43)47-26-8-6-5-7-25-46-34-23-15-33(16-24-34)40(45)50-36-17-9-30(10-18-36)27-41-42-28-31-11-21-37(22-12-31)51-48-29-32-13-19-35(20-14-32)49-39(44)4-2/h3-4,9-24,27-28H,1-2,5-8,25-26,29H2. The number of unbranched alkanes of at least 4 members (excludes halogenated alkanes) is 3. The third-order valence-electron chi connectivity index (χ3n) is 6.95. The molecule has 0 radical (unpaired) electrons. The summed E-state index contributed by atoms with van der Waals surface area (Å²) in [6.07, 6.45) is 9.00. The summed E-state index contributed by atoms with van der Waals surface area (Å²) >= 11 is 0. The molecule has 0 aliphatic heterocycles. The van der Waals surface area contributed by atoms with Gasteiger partial charge >= 0.3 is 17.9 Å². The molecule has 0 bridgehead atoms. The van der Waals surface area contributed by atoms with Gasteiger partial charge in [-0.2, -0.15) is 15.1 Å². The fourth-order valence-electron chi connectivity index (χ4n) is 4.24. The van der Waals surface area contributed by atoms with Crippen LogP contribution in [0.1, 0.15) is 52.7 Å². The number of carbonyl (C=O) groups is 3. The van der Waals surface area contributed by atoms with Crippen molar-refractivity contribution in [3.63, 3.8) is 0 Å². The first-order chi connectivity index (χ1) is 24.9. The number of carbonyl (C=O) groups excluding carboxylic acids is 3. The molecule has 262 valence electrons. The van der Waals surface area contributed by atoms with Gasteiger partial charge in [0.25, 0.3) is 0 Å². The van der Waals surface area contributed by atoms with Crippen molar-refractivity contribution in [3.8, 4) is 23.0 Å². The first-order valence-corrected chi connectivity index (χ1v) is 16.2. The molecule has 0 heterocycles. The Morgan fingerprint density at radius 1 is 0.569 bits per heavy atom. The van der Waals surface area contributed by atoms with E-state index in [2.05, 4.69) is 23.4 Å². The van der Waals surface area contributed by atoms with E-state index >= 15 is 0 Å². The summed E-state index contributed by atoms with van der Waals surface area (Å²) in [5, 5.41) is 8.17. The molecule has 0 spiro atoms. The molecule has 4 rings (SSSR count). The van der Waals surface area contributed by atoms with E-state index in [9.17, 15) is 14.4 Å². The average molecular weight is 691 g/mol. The Kier molecular flexibility index (Phi) is 15.4. The molecule has 0 aliphatic rings. The Balaban J connectivity index is 1.12. The Morgan fingerprint density at radius 2 is 1.10 bits per heavy atom.